The number of rotatable bonds is 3. The second kappa shape index (κ2) is 7.06. The average molecular weight is 465 g/mol. The summed E-state index contributed by atoms with van der Waals surface area (Å²) in [5, 5.41) is 13.8. The fraction of sp³-hybridized carbons (Fsp3) is 0.179. The molecule has 7 nitrogen and oxygen atoms in total. The van der Waals surface area contributed by atoms with Crippen molar-refractivity contribution in [2.24, 2.45) is 14.1 Å². The molecule has 6 rings (SSSR count). The van der Waals surface area contributed by atoms with Gasteiger partial charge in [-0.25, -0.2) is 0 Å². The summed E-state index contributed by atoms with van der Waals surface area (Å²) in [4.78, 5) is 27.8. The summed E-state index contributed by atoms with van der Waals surface area (Å²) < 4.78 is 4.04. The Balaban J connectivity index is 1.87. The number of nitro benzene ring substituents is 1. The van der Waals surface area contributed by atoms with Crippen LogP contribution in [0.2, 0.25) is 0 Å². The quantitative estimate of drug-likeness (QED) is 0.272. The Morgan fingerprint density at radius 1 is 0.800 bits per heavy atom. The molecule has 1 amide bonds. The molecule has 0 spiro atoms. The van der Waals surface area contributed by atoms with Crippen LogP contribution in [0.5, 0.6) is 0 Å². The lowest BCUT2D eigenvalue weighted by Gasteiger charge is -2.28. The number of hydrogen-bond donors (Lipinski definition) is 0. The van der Waals surface area contributed by atoms with Crippen LogP contribution in [-0.4, -0.2) is 27.0 Å². The lowest BCUT2D eigenvalue weighted by atomic mass is 9.69. The van der Waals surface area contributed by atoms with Crippen molar-refractivity contribution in [2.75, 3.05) is 11.9 Å². The molecule has 3 heterocycles. The molecule has 0 atom stereocenters. The van der Waals surface area contributed by atoms with E-state index in [0.29, 0.717) is 11.1 Å². The maximum absolute atomic E-state index is 14.6. The normalized spacial score (nSPS) is 14.7. The van der Waals surface area contributed by atoms with Crippen LogP contribution in [0.1, 0.15) is 22.3 Å². The molecule has 0 N–H and O–H groups in total. The summed E-state index contributed by atoms with van der Waals surface area (Å²) >= 11 is 0. The number of carbonyl (C=O) groups excluding carboxylic acids is 1. The number of aryl methyl sites for hydroxylation is 3. The Labute approximate surface area is 202 Å². The van der Waals surface area contributed by atoms with Gasteiger partial charge >= 0.3 is 0 Å². The van der Waals surface area contributed by atoms with Crippen molar-refractivity contribution in [3.63, 3.8) is 0 Å². The second-order valence-electron chi connectivity index (χ2n) is 9.37. The Morgan fingerprint density at radius 2 is 1.31 bits per heavy atom. The molecule has 0 aliphatic carbocycles. The van der Waals surface area contributed by atoms with Gasteiger partial charge in [-0.3, -0.25) is 14.9 Å². The van der Waals surface area contributed by atoms with Crippen LogP contribution in [-0.2, 0) is 24.3 Å². The van der Waals surface area contributed by atoms with Crippen molar-refractivity contribution in [3.05, 3.63) is 105 Å². The Kier molecular flexibility index (Phi) is 4.27. The number of anilines is 1. The van der Waals surface area contributed by atoms with Crippen LogP contribution >= 0.6 is 0 Å². The molecule has 2 aromatic heterocycles. The second-order valence-corrected chi connectivity index (χ2v) is 9.37. The highest BCUT2D eigenvalue weighted by molar-refractivity contribution is 6.17. The molecule has 5 aromatic rings. The fourth-order valence-electron chi connectivity index (χ4n) is 6.01. The van der Waals surface area contributed by atoms with Gasteiger partial charge in [-0.05, 0) is 24.6 Å². The van der Waals surface area contributed by atoms with E-state index in [2.05, 4.69) is 0 Å². The molecule has 1 aliphatic rings. The van der Waals surface area contributed by atoms with E-state index in [9.17, 15) is 14.9 Å². The van der Waals surface area contributed by atoms with Gasteiger partial charge in [-0.1, -0.05) is 36.4 Å². The monoisotopic (exact) mass is 464 g/mol. The van der Waals surface area contributed by atoms with Gasteiger partial charge in [0.2, 0.25) is 5.91 Å². The van der Waals surface area contributed by atoms with Crippen molar-refractivity contribution < 1.29 is 9.72 Å². The largest absolute Gasteiger partial charge is 0.350 e. The van der Waals surface area contributed by atoms with E-state index in [4.69, 9.17) is 0 Å². The lowest BCUT2D eigenvalue weighted by molar-refractivity contribution is -0.385. The van der Waals surface area contributed by atoms with Crippen LogP contribution < -0.4 is 4.90 Å². The fourth-order valence-corrected chi connectivity index (χ4v) is 6.01. The summed E-state index contributed by atoms with van der Waals surface area (Å²) in [5.74, 6) is -0.121. The highest BCUT2D eigenvalue weighted by Crippen LogP contribution is 2.55. The molecule has 3 aromatic carbocycles. The number of aromatic nitrogens is 2. The standard InChI is InChI=1S/C28H24N4O3/c1-17-13-18(32(34)35)14-21-26(17)31(4)27(33)28(21,22-15-29(2)24-11-7-5-9-19(22)24)23-16-30(3)25-12-8-6-10-20(23)25/h5-16H,1-4H3. The molecule has 0 bridgehead atoms. The van der Waals surface area contributed by atoms with Gasteiger partial charge in [0.05, 0.1) is 10.6 Å². The molecule has 0 fully saturated rings. The van der Waals surface area contributed by atoms with Crippen molar-refractivity contribution in [1.82, 2.24) is 9.13 Å². The maximum atomic E-state index is 14.6. The number of hydrogen-bond acceptors (Lipinski definition) is 3. The highest BCUT2D eigenvalue weighted by atomic mass is 16.6. The van der Waals surface area contributed by atoms with Crippen molar-refractivity contribution in [1.29, 1.82) is 0 Å². The van der Waals surface area contributed by atoms with Crippen LogP contribution in [0, 0.1) is 17.0 Å². The third-order valence-corrected chi connectivity index (χ3v) is 7.46. The van der Waals surface area contributed by atoms with Gasteiger partial charge in [-0.15, -0.1) is 0 Å². The molecule has 0 unspecified atom stereocenters. The summed E-state index contributed by atoms with van der Waals surface area (Å²) in [6, 6.07) is 19.1. The number of fused-ring (bicyclic) bond motifs is 3. The minimum Gasteiger partial charge on any atom is -0.350 e. The van der Waals surface area contributed by atoms with E-state index in [-0.39, 0.29) is 16.5 Å². The van der Waals surface area contributed by atoms with Gasteiger partial charge in [-0.2, -0.15) is 0 Å². The predicted octanol–water partition coefficient (Wildman–Crippen LogP) is 5.20. The van der Waals surface area contributed by atoms with E-state index in [1.165, 1.54) is 0 Å². The zero-order valence-electron chi connectivity index (χ0n) is 19.9. The van der Waals surface area contributed by atoms with E-state index in [0.717, 1.165) is 38.6 Å². The van der Waals surface area contributed by atoms with Gasteiger partial charge in [0.15, 0.2) is 0 Å². The summed E-state index contributed by atoms with van der Waals surface area (Å²) in [6.45, 7) is 1.83. The highest BCUT2D eigenvalue weighted by Gasteiger charge is 2.56. The minimum absolute atomic E-state index is 0.0193. The first-order valence-corrected chi connectivity index (χ1v) is 11.4. The zero-order valence-corrected chi connectivity index (χ0v) is 19.9. The Bertz CT molecular complexity index is 1630. The van der Waals surface area contributed by atoms with Crippen molar-refractivity contribution >= 4 is 39.1 Å². The number of non-ortho nitro benzene ring substituents is 1. The summed E-state index contributed by atoms with van der Waals surface area (Å²) in [5.41, 5.74) is 4.43. The molecular weight excluding hydrogens is 440 g/mol. The first-order valence-electron chi connectivity index (χ1n) is 11.4. The third kappa shape index (κ3) is 2.58. The molecule has 174 valence electrons. The SMILES string of the molecule is Cc1cc([N+](=O)[O-])cc2c1N(C)C(=O)C2(c1cn(C)c2ccccc12)c1cn(C)c2ccccc12. The Hall–Kier alpha value is -4.39. The van der Waals surface area contributed by atoms with Gasteiger partial charge < -0.3 is 14.0 Å². The number of para-hydroxylation sites is 2. The van der Waals surface area contributed by atoms with Crippen molar-refractivity contribution in [3.8, 4) is 0 Å². The first kappa shape index (κ1) is 21.2. The first-order chi connectivity index (χ1) is 16.8. The smallest absolute Gasteiger partial charge is 0.270 e. The number of nitro groups is 1. The predicted molar refractivity (Wildman–Crippen MR) is 137 cm³/mol. The van der Waals surface area contributed by atoms with Crippen LogP contribution in [0.4, 0.5) is 11.4 Å². The van der Waals surface area contributed by atoms with Crippen LogP contribution in [0.15, 0.2) is 73.1 Å². The topological polar surface area (TPSA) is 73.3 Å². The van der Waals surface area contributed by atoms with E-state index in [1.54, 1.807) is 24.1 Å². The Morgan fingerprint density at radius 3 is 1.83 bits per heavy atom. The molecule has 1 aliphatic heterocycles. The maximum Gasteiger partial charge on any atom is 0.270 e. The number of nitrogens with zero attached hydrogens (tertiary/aromatic N) is 4. The van der Waals surface area contributed by atoms with E-state index >= 15 is 0 Å². The number of carbonyl (C=O) groups is 1. The van der Waals surface area contributed by atoms with Crippen molar-refractivity contribution in [2.45, 2.75) is 12.3 Å². The molecule has 0 radical (unpaired) electrons. The van der Waals surface area contributed by atoms with E-state index in [1.807, 2.05) is 91.1 Å². The van der Waals surface area contributed by atoms with Gasteiger partial charge in [0.1, 0.15) is 5.41 Å². The molecular formula is C28H24N4O3. The summed E-state index contributed by atoms with van der Waals surface area (Å²) in [6.07, 6.45) is 4.00. The van der Waals surface area contributed by atoms with Crippen LogP contribution in [0.25, 0.3) is 21.8 Å². The zero-order chi connectivity index (χ0) is 24.6. The third-order valence-electron chi connectivity index (χ3n) is 7.46. The molecule has 0 saturated heterocycles. The minimum atomic E-state index is -1.25. The van der Waals surface area contributed by atoms with E-state index < -0.39 is 5.41 Å². The molecule has 35 heavy (non-hydrogen) atoms. The average Bonchev–Trinajstić information content (AvgIpc) is 3.44. The number of benzene rings is 3. The number of likely N-dealkylation sites (N-methyl/N-ethyl adjacent to an activating group) is 1. The van der Waals surface area contributed by atoms with Crippen LogP contribution in [0.3, 0.4) is 0 Å². The summed E-state index contributed by atoms with van der Waals surface area (Å²) in [7, 11) is 5.69. The molecule has 7 heteroatoms. The number of amides is 1. The lowest BCUT2D eigenvalue weighted by Crippen LogP contribution is -2.40. The molecule has 0 saturated carbocycles. The van der Waals surface area contributed by atoms with Gasteiger partial charge in [0.25, 0.3) is 5.69 Å². The van der Waals surface area contributed by atoms with Gasteiger partial charge in [0, 0.05) is 84.2 Å².